The van der Waals surface area contributed by atoms with Crippen LogP contribution in [-0.4, -0.2) is 19.9 Å². The van der Waals surface area contributed by atoms with Crippen LogP contribution in [0.2, 0.25) is 0 Å². The smallest absolute Gasteiger partial charge is 0.238 e. The summed E-state index contributed by atoms with van der Waals surface area (Å²) in [7, 11) is 0. The van der Waals surface area contributed by atoms with Gasteiger partial charge in [0.25, 0.3) is 0 Å². The van der Waals surface area contributed by atoms with Crippen molar-refractivity contribution in [3.63, 3.8) is 0 Å². The minimum Gasteiger partial charge on any atom is -0.277 e. The van der Waals surface area contributed by atoms with E-state index in [1.807, 2.05) is 18.2 Å². The first-order chi connectivity index (χ1) is 21.8. The van der Waals surface area contributed by atoms with Crippen molar-refractivity contribution < 1.29 is 0 Å². The zero-order valence-electron chi connectivity index (χ0n) is 23.4. The highest BCUT2D eigenvalue weighted by Gasteiger charge is 2.27. The van der Waals surface area contributed by atoms with Crippen molar-refractivity contribution in [3.05, 3.63) is 140 Å². The lowest BCUT2D eigenvalue weighted by Gasteiger charge is -2.31. The van der Waals surface area contributed by atoms with E-state index in [9.17, 15) is 0 Å². The Hall–Kier alpha value is -5.59. The molecular formula is C38H23N5S. The fourth-order valence-electron chi connectivity index (χ4n) is 6.17. The summed E-state index contributed by atoms with van der Waals surface area (Å²) in [4.78, 5) is 24.3. The summed E-state index contributed by atoms with van der Waals surface area (Å²) in [5.41, 5.74) is 3.70. The van der Waals surface area contributed by atoms with E-state index in [1.54, 1.807) is 18.0 Å². The molecule has 0 saturated carbocycles. The Morgan fingerprint density at radius 1 is 0.455 bits per heavy atom. The van der Waals surface area contributed by atoms with Crippen molar-refractivity contribution in [1.29, 1.82) is 0 Å². The molecule has 44 heavy (non-hydrogen) atoms. The fraction of sp³-hybridized carbons (Fsp3) is 0. The number of benzene rings is 6. The summed E-state index contributed by atoms with van der Waals surface area (Å²) in [6, 6.07) is 46.4. The Morgan fingerprint density at radius 2 is 1.00 bits per heavy atom. The quantitative estimate of drug-likeness (QED) is 0.194. The van der Waals surface area contributed by atoms with Gasteiger partial charge in [0, 0.05) is 21.6 Å². The van der Waals surface area contributed by atoms with E-state index in [1.165, 1.54) is 32.3 Å². The molecular weight excluding hydrogens is 559 g/mol. The molecule has 0 aliphatic carbocycles. The maximum Gasteiger partial charge on any atom is 0.238 e. The van der Waals surface area contributed by atoms with E-state index >= 15 is 0 Å². The Bertz CT molecular complexity index is 2310. The number of rotatable bonds is 3. The molecule has 0 saturated heterocycles. The molecule has 0 N–H and O–H groups in total. The van der Waals surface area contributed by atoms with Crippen molar-refractivity contribution >= 4 is 61.4 Å². The number of pyridine rings is 1. The molecule has 5 nitrogen and oxygen atoms in total. The van der Waals surface area contributed by atoms with E-state index in [-0.39, 0.29) is 0 Å². The fourth-order valence-corrected chi connectivity index (χ4v) is 7.23. The molecule has 0 unspecified atom stereocenters. The van der Waals surface area contributed by atoms with Crippen LogP contribution in [0, 0.1) is 0 Å². The number of nitrogens with zero attached hydrogens (tertiary/aromatic N) is 5. The highest BCUT2D eigenvalue weighted by molar-refractivity contribution is 7.99. The largest absolute Gasteiger partial charge is 0.277 e. The molecule has 1 aliphatic heterocycles. The van der Waals surface area contributed by atoms with Crippen LogP contribution in [0.4, 0.5) is 17.3 Å². The van der Waals surface area contributed by atoms with Gasteiger partial charge in [0.2, 0.25) is 5.95 Å². The molecule has 6 heteroatoms. The van der Waals surface area contributed by atoms with Crippen LogP contribution >= 0.6 is 11.8 Å². The summed E-state index contributed by atoms with van der Waals surface area (Å²) >= 11 is 1.76. The standard InChI is InChI=1S/C38H23N5S/c1-2-13-27-25(11-1)26-12-3-4-14-28(26)30-23-24(20-21-29(27)30)36-40-37(31-15-9-10-22-39-31)42-38(41-36)43-32-16-5-7-18-34(32)44-35-19-8-6-17-33(35)43/h1-23H. The minimum absolute atomic E-state index is 0.530. The SMILES string of the molecule is c1ccc(-c2nc(-c3ccc4c5ccccc5c5ccccc5c4c3)nc(N3c4ccccc4Sc4ccccc43)n2)nc1. The number of para-hydroxylation sites is 2. The molecule has 0 atom stereocenters. The molecule has 9 rings (SSSR count). The van der Waals surface area contributed by atoms with Crippen LogP contribution in [0.3, 0.4) is 0 Å². The van der Waals surface area contributed by atoms with E-state index < -0.39 is 0 Å². The molecule has 206 valence electrons. The number of hydrogen-bond donors (Lipinski definition) is 0. The second-order valence-corrected chi connectivity index (χ2v) is 11.8. The molecule has 6 aromatic carbocycles. The van der Waals surface area contributed by atoms with Crippen LogP contribution in [0.5, 0.6) is 0 Å². The predicted molar refractivity (Wildman–Crippen MR) is 180 cm³/mol. The van der Waals surface area contributed by atoms with Crippen molar-refractivity contribution in [2.24, 2.45) is 0 Å². The summed E-state index contributed by atoms with van der Waals surface area (Å²) in [5, 5.41) is 7.30. The second kappa shape index (κ2) is 10.0. The normalized spacial score (nSPS) is 12.4. The number of fused-ring (bicyclic) bond motifs is 8. The van der Waals surface area contributed by atoms with E-state index in [2.05, 4.69) is 125 Å². The van der Waals surface area contributed by atoms with Crippen LogP contribution in [-0.2, 0) is 0 Å². The third-order valence-electron chi connectivity index (χ3n) is 8.15. The Morgan fingerprint density at radius 3 is 1.64 bits per heavy atom. The summed E-state index contributed by atoms with van der Waals surface area (Å²) in [6.45, 7) is 0. The zero-order valence-corrected chi connectivity index (χ0v) is 24.2. The molecule has 0 fully saturated rings. The van der Waals surface area contributed by atoms with Crippen molar-refractivity contribution in [2.75, 3.05) is 4.90 Å². The van der Waals surface area contributed by atoms with Crippen molar-refractivity contribution in [3.8, 4) is 22.9 Å². The zero-order chi connectivity index (χ0) is 29.0. The summed E-state index contributed by atoms with van der Waals surface area (Å²) in [5.74, 6) is 1.68. The summed E-state index contributed by atoms with van der Waals surface area (Å²) in [6.07, 6.45) is 1.77. The minimum atomic E-state index is 0.530. The lowest BCUT2D eigenvalue weighted by Crippen LogP contribution is -2.18. The molecule has 2 aromatic heterocycles. The summed E-state index contributed by atoms with van der Waals surface area (Å²) < 4.78 is 0. The second-order valence-electron chi connectivity index (χ2n) is 10.7. The average molecular weight is 582 g/mol. The van der Waals surface area contributed by atoms with E-state index in [4.69, 9.17) is 15.0 Å². The molecule has 0 radical (unpaired) electrons. The highest BCUT2D eigenvalue weighted by atomic mass is 32.2. The molecule has 3 heterocycles. The number of anilines is 3. The van der Waals surface area contributed by atoms with E-state index in [0.29, 0.717) is 23.3 Å². The van der Waals surface area contributed by atoms with Gasteiger partial charge in [0.15, 0.2) is 11.6 Å². The number of aromatic nitrogens is 4. The van der Waals surface area contributed by atoms with Gasteiger partial charge >= 0.3 is 0 Å². The molecule has 0 bridgehead atoms. The van der Waals surface area contributed by atoms with Crippen LogP contribution in [0.1, 0.15) is 0 Å². The van der Waals surface area contributed by atoms with Gasteiger partial charge in [-0.05, 0) is 74.8 Å². The lowest BCUT2D eigenvalue weighted by molar-refractivity contribution is 0.996. The van der Waals surface area contributed by atoms with Gasteiger partial charge in [-0.1, -0.05) is 103 Å². The van der Waals surface area contributed by atoms with Crippen LogP contribution in [0.15, 0.2) is 149 Å². The first kappa shape index (κ1) is 25.0. The first-order valence-electron chi connectivity index (χ1n) is 14.5. The Labute approximate surface area is 257 Å². The average Bonchev–Trinajstić information content (AvgIpc) is 3.10. The van der Waals surface area contributed by atoms with Gasteiger partial charge in [-0.25, -0.2) is 4.98 Å². The Kier molecular flexibility index (Phi) is 5.67. The predicted octanol–water partition coefficient (Wildman–Crippen LogP) is 9.99. The van der Waals surface area contributed by atoms with Crippen LogP contribution in [0.25, 0.3) is 55.2 Å². The van der Waals surface area contributed by atoms with Crippen LogP contribution < -0.4 is 4.90 Å². The van der Waals surface area contributed by atoms with Gasteiger partial charge in [0.05, 0.1) is 11.4 Å². The topological polar surface area (TPSA) is 54.8 Å². The Balaban J connectivity index is 1.31. The number of hydrogen-bond acceptors (Lipinski definition) is 6. The maximum atomic E-state index is 5.17. The van der Waals surface area contributed by atoms with Gasteiger partial charge in [0.1, 0.15) is 5.69 Å². The van der Waals surface area contributed by atoms with Gasteiger partial charge in [-0.2, -0.15) is 9.97 Å². The molecule has 8 aromatic rings. The maximum absolute atomic E-state index is 5.17. The van der Waals surface area contributed by atoms with Gasteiger partial charge in [-0.15, -0.1) is 0 Å². The van der Waals surface area contributed by atoms with Gasteiger partial charge < -0.3 is 0 Å². The first-order valence-corrected chi connectivity index (χ1v) is 15.3. The highest BCUT2D eigenvalue weighted by Crippen LogP contribution is 2.50. The third-order valence-corrected chi connectivity index (χ3v) is 9.28. The monoisotopic (exact) mass is 581 g/mol. The molecule has 0 amide bonds. The van der Waals surface area contributed by atoms with Crippen molar-refractivity contribution in [1.82, 2.24) is 19.9 Å². The molecule has 1 aliphatic rings. The van der Waals surface area contributed by atoms with Crippen molar-refractivity contribution in [2.45, 2.75) is 9.79 Å². The van der Waals surface area contributed by atoms with Gasteiger partial charge in [-0.3, -0.25) is 9.88 Å². The van der Waals surface area contributed by atoms with E-state index in [0.717, 1.165) is 26.7 Å². The lowest BCUT2D eigenvalue weighted by atomic mass is 9.93. The molecule has 0 spiro atoms. The third kappa shape index (κ3) is 3.96.